The van der Waals surface area contributed by atoms with Gasteiger partial charge in [0.15, 0.2) is 0 Å². The lowest BCUT2D eigenvalue weighted by molar-refractivity contribution is 0.409. The Balaban J connectivity index is 3.27. The standard InChI is InChI=1S/C10H14N2O/c1-3-7-5-4-6-8(10(11)12)9(7)13-2/h4-6H,3H2,1-2H3,(H3,11,12). The molecule has 0 aliphatic carbocycles. The Morgan fingerprint density at radius 2 is 2.23 bits per heavy atom. The van der Waals surface area contributed by atoms with Gasteiger partial charge in [-0.05, 0) is 18.1 Å². The van der Waals surface area contributed by atoms with Gasteiger partial charge in [0.05, 0.1) is 12.7 Å². The van der Waals surface area contributed by atoms with Crippen molar-refractivity contribution in [2.45, 2.75) is 13.3 Å². The van der Waals surface area contributed by atoms with Crippen LogP contribution in [0.3, 0.4) is 0 Å². The van der Waals surface area contributed by atoms with Gasteiger partial charge in [0.25, 0.3) is 0 Å². The summed E-state index contributed by atoms with van der Waals surface area (Å²) in [5, 5.41) is 7.35. The van der Waals surface area contributed by atoms with Crippen molar-refractivity contribution in [3.63, 3.8) is 0 Å². The molecule has 0 bridgehead atoms. The van der Waals surface area contributed by atoms with E-state index in [4.69, 9.17) is 15.9 Å². The molecule has 3 N–H and O–H groups in total. The van der Waals surface area contributed by atoms with Gasteiger partial charge in [-0.3, -0.25) is 5.41 Å². The minimum atomic E-state index is 0.0483. The van der Waals surface area contributed by atoms with Crippen LogP contribution in [-0.4, -0.2) is 12.9 Å². The lowest BCUT2D eigenvalue weighted by Crippen LogP contribution is -2.13. The summed E-state index contributed by atoms with van der Waals surface area (Å²) in [5.41, 5.74) is 7.16. The fourth-order valence-corrected chi connectivity index (χ4v) is 1.32. The summed E-state index contributed by atoms with van der Waals surface area (Å²) in [5.74, 6) is 0.768. The van der Waals surface area contributed by atoms with Crippen molar-refractivity contribution >= 4 is 5.84 Å². The van der Waals surface area contributed by atoms with E-state index in [0.717, 1.165) is 17.7 Å². The monoisotopic (exact) mass is 178 g/mol. The second-order valence-electron chi connectivity index (χ2n) is 2.77. The lowest BCUT2D eigenvalue weighted by Gasteiger charge is -2.10. The van der Waals surface area contributed by atoms with Gasteiger partial charge in [-0.25, -0.2) is 0 Å². The molecule has 3 nitrogen and oxygen atoms in total. The van der Waals surface area contributed by atoms with E-state index in [2.05, 4.69) is 0 Å². The summed E-state index contributed by atoms with van der Waals surface area (Å²) in [7, 11) is 1.60. The van der Waals surface area contributed by atoms with Gasteiger partial charge in [0, 0.05) is 0 Å². The normalized spacial score (nSPS) is 9.69. The number of hydrogen-bond acceptors (Lipinski definition) is 2. The summed E-state index contributed by atoms with van der Waals surface area (Å²) in [6, 6.07) is 5.66. The first-order valence-electron chi connectivity index (χ1n) is 4.21. The molecule has 0 heterocycles. The molecule has 0 spiro atoms. The number of amidine groups is 1. The Hall–Kier alpha value is -1.51. The Morgan fingerprint density at radius 1 is 1.54 bits per heavy atom. The van der Waals surface area contributed by atoms with E-state index in [1.807, 2.05) is 19.1 Å². The number of ether oxygens (including phenoxy) is 1. The molecular formula is C10H14N2O. The van der Waals surface area contributed by atoms with Gasteiger partial charge in [-0.1, -0.05) is 19.1 Å². The van der Waals surface area contributed by atoms with Crippen LogP contribution in [0.1, 0.15) is 18.1 Å². The Labute approximate surface area is 78.0 Å². The molecule has 0 unspecified atom stereocenters. The summed E-state index contributed by atoms with van der Waals surface area (Å²) in [6.45, 7) is 2.04. The maximum absolute atomic E-state index is 7.35. The van der Waals surface area contributed by atoms with Gasteiger partial charge in [0.1, 0.15) is 11.6 Å². The molecule has 0 aromatic heterocycles. The van der Waals surface area contributed by atoms with Gasteiger partial charge in [-0.2, -0.15) is 0 Å². The molecule has 1 aromatic carbocycles. The van der Waals surface area contributed by atoms with Gasteiger partial charge >= 0.3 is 0 Å². The molecule has 0 saturated heterocycles. The quantitative estimate of drug-likeness (QED) is 0.545. The molecule has 0 radical (unpaired) electrons. The highest BCUT2D eigenvalue weighted by Gasteiger charge is 2.08. The number of nitrogens with one attached hydrogen (secondary N) is 1. The molecule has 0 atom stereocenters. The summed E-state index contributed by atoms with van der Waals surface area (Å²) in [4.78, 5) is 0. The van der Waals surface area contributed by atoms with Crippen LogP contribution in [0, 0.1) is 5.41 Å². The number of nitrogen functional groups attached to an aromatic ring is 1. The van der Waals surface area contributed by atoms with Crippen LogP contribution in [0.25, 0.3) is 0 Å². The number of para-hydroxylation sites is 1. The highest BCUT2D eigenvalue weighted by molar-refractivity contribution is 5.98. The first kappa shape index (κ1) is 9.58. The molecule has 13 heavy (non-hydrogen) atoms. The third-order valence-corrected chi connectivity index (χ3v) is 1.97. The zero-order chi connectivity index (χ0) is 9.84. The second kappa shape index (κ2) is 3.94. The van der Waals surface area contributed by atoms with Crippen molar-refractivity contribution in [3.05, 3.63) is 29.3 Å². The smallest absolute Gasteiger partial charge is 0.132 e. The molecule has 0 amide bonds. The molecule has 1 aromatic rings. The Morgan fingerprint density at radius 3 is 2.69 bits per heavy atom. The number of benzene rings is 1. The van der Waals surface area contributed by atoms with E-state index in [1.165, 1.54) is 0 Å². The van der Waals surface area contributed by atoms with Gasteiger partial charge in [-0.15, -0.1) is 0 Å². The average molecular weight is 178 g/mol. The predicted molar refractivity (Wildman–Crippen MR) is 53.4 cm³/mol. The van der Waals surface area contributed by atoms with E-state index >= 15 is 0 Å². The molecule has 1 rings (SSSR count). The van der Waals surface area contributed by atoms with Gasteiger partial charge in [0.2, 0.25) is 0 Å². The van der Waals surface area contributed by atoms with Gasteiger partial charge < -0.3 is 10.5 Å². The van der Waals surface area contributed by atoms with E-state index in [9.17, 15) is 0 Å². The first-order valence-corrected chi connectivity index (χ1v) is 4.21. The third kappa shape index (κ3) is 1.80. The van der Waals surface area contributed by atoms with E-state index in [1.54, 1.807) is 13.2 Å². The van der Waals surface area contributed by atoms with Crippen molar-refractivity contribution < 1.29 is 4.74 Å². The van der Waals surface area contributed by atoms with Crippen molar-refractivity contribution in [1.29, 1.82) is 5.41 Å². The maximum Gasteiger partial charge on any atom is 0.132 e. The fourth-order valence-electron chi connectivity index (χ4n) is 1.32. The zero-order valence-corrected chi connectivity index (χ0v) is 7.92. The number of hydrogen-bond donors (Lipinski definition) is 2. The highest BCUT2D eigenvalue weighted by Crippen LogP contribution is 2.23. The van der Waals surface area contributed by atoms with Crippen molar-refractivity contribution in [3.8, 4) is 5.75 Å². The summed E-state index contributed by atoms with van der Waals surface area (Å²) in [6.07, 6.45) is 0.879. The summed E-state index contributed by atoms with van der Waals surface area (Å²) < 4.78 is 5.21. The van der Waals surface area contributed by atoms with E-state index in [0.29, 0.717) is 5.56 Å². The predicted octanol–water partition coefficient (Wildman–Crippen LogP) is 1.54. The van der Waals surface area contributed by atoms with E-state index in [-0.39, 0.29) is 5.84 Å². The van der Waals surface area contributed by atoms with Crippen molar-refractivity contribution in [1.82, 2.24) is 0 Å². The van der Waals surface area contributed by atoms with Crippen LogP contribution in [0.5, 0.6) is 5.75 Å². The molecule has 0 fully saturated rings. The average Bonchev–Trinajstić information content (AvgIpc) is 2.16. The fraction of sp³-hybridized carbons (Fsp3) is 0.300. The Kier molecular flexibility index (Phi) is 2.90. The van der Waals surface area contributed by atoms with Crippen LogP contribution >= 0.6 is 0 Å². The van der Waals surface area contributed by atoms with Crippen molar-refractivity contribution in [2.24, 2.45) is 5.73 Å². The maximum atomic E-state index is 7.35. The molecular weight excluding hydrogens is 164 g/mol. The molecule has 0 aliphatic heterocycles. The Bertz CT molecular complexity index is 321. The zero-order valence-electron chi connectivity index (χ0n) is 7.92. The van der Waals surface area contributed by atoms with Crippen LogP contribution in [0.15, 0.2) is 18.2 Å². The summed E-state index contributed by atoms with van der Waals surface area (Å²) >= 11 is 0. The van der Waals surface area contributed by atoms with Crippen LogP contribution in [0.2, 0.25) is 0 Å². The second-order valence-corrected chi connectivity index (χ2v) is 2.77. The van der Waals surface area contributed by atoms with E-state index < -0.39 is 0 Å². The molecule has 3 heteroatoms. The highest BCUT2D eigenvalue weighted by atomic mass is 16.5. The van der Waals surface area contributed by atoms with Crippen LogP contribution in [0.4, 0.5) is 0 Å². The largest absolute Gasteiger partial charge is 0.496 e. The molecule has 70 valence electrons. The van der Waals surface area contributed by atoms with Crippen LogP contribution in [-0.2, 0) is 6.42 Å². The number of rotatable bonds is 3. The van der Waals surface area contributed by atoms with Crippen molar-refractivity contribution in [2.75, 3.05) is 7.11 Å². The SMILES string of the molecule is CCc1cccc(C(=N)N)c1OC. The minimum Gasteiger partial charge on any atom is -0.496 e. The number of aryl methyl sites for hydroxylation is 1. The number of methoxy groups -OCH3 is 1. The topological polar surface area (TPSA) is 59.1 Å². The minimum absolute atomic E-state index is 0.0483. The first-order chi connectivity index (χ1) is 6.20. The molecule has 0 aliphatic rings. The molecule has 0 saturated carbocycles. The number of nitrogens with two attached hydrogens (primary N) is 1. The third-order valence-electron chi connectivity index (χ3n) is 1.97. The van der Waals surface area contributed by atoms with Crippen LogP contribution < -0.4 is 10.5 Å². The lowest BCUT2D eigenvalue weighted by atomic mass is 10.1.